The average molecular weight is 248 g/mol. The van der Waals surface area contributed by atoms with Crippen LogP contribution in [-0.2, 0) is 0 Å². The smallest absolute Gasteiger partial charge is 0.0900 e. The molecule has 0 amide bonds. The molecule has 0 aliphatic carbocycles. The molecule has 2 rings (SSSR count). The fourth-order valence-corrected chi connectivity index (χ4v) is 2.72. The average Bonchev–Trinajstić information content (AvgIpc) is 2.61. The number of hydrogen-bond acceptors (Lipinski definition) is 5. The van der Waals surface area contributed by atoms with Crippen molar-refractivity contribution in [2.45, 2.75) is 26.8 Å². The second-order valence-corrected chi connectivity index (χ2v) is 5.25. The van der Waals surface area contributed by atoms with Crippen LogP contribution in [0.3, 0.4) is 0 Å². The van der Waals surface area contributed by atoms with Crippen LogP contribution in [0.5, 0.6) is 0 Å². The number of hydrogen-bond donors (Lipinski definition) is 2. The Labute approximate surface area is 105 Å². The van der Waals surface area contributed by atoms with Crippen molar-refractivity contribution >= 4 is 22.7 Å². The van der Waals surface area contributed by atoms with Crippen LogP contribution in [0.15, 0.2) is 18.5 Å². The monoisotopic (exact) mass is 248 g/mol. The van der Waals surface area contributed by atoms with E-state index in [9.17, 15) is 0 Å². The van der Waals surface area contributed by atoms with Gasteiger partial charge in [-0.25, -0.2) is 4.98 Å². The Hall–Kier alpha value is -1.62. The number of anilines is 2. The molecule has 0 radical (unpaired) electrons. The molecule has 4 nitrogen and oxygen atoms in total. The highest BCUT2D eigenvalue weighted by Gasteiger charge is 2.13. The Bertz CT molecular complexity index is 521. The molecular formula is C12H16N4S. The van der Waals surface area contributed by atoms with Crippen LogP contribution in [0.2, 0.25) is 0 Å². The van der Waals surface area contributed by atoms with Gasteiger partial charge in [-0.15, -0.1) is 11.3 Å². The number of pyridine rings is 1. The Morgan fingerprint density at radius 1 is 1.41 bits per heavy atom. The minimum atomic E-state index is 0.200. The zero-order valence-corrected chi connectivity index (χ0v) is 11.0. The predicted octanol–water partition coefficient (Wildman–Crippen LogP) is 2.91. The summed E-state index contributed by atoms with van der Waals surface area (Å²) in [6.07, 6.45) is 3.38. The minimum Gasteiger partial charge on any atom is -0.396 e. The molecule has 2 aromatic rings. The van der Waals surface area contributed by atoms with Crippen LogP contribution in [-0.4, -0.2) is 9.97 Å². The lowest BCUT2D eigenvalue weighted by molar-refractivity contribution is 0.890. The van der Waals surface area contributed by atoms with E-state index in [2.05, 4.69) is 22.2 Å². The van der Waals surface area contributed by atoms with E-state index >= 15 is 0 Å². The molecule has 90 valence electrons. The van der Waals surface area contributed by atoms with E-state index < -0.39 is 0 Å². The Balaban J connectivity index is 2.20. The Kier molecular flexibility index (Phi) is 3.28. The van der Waals surface area contributed by atoms with Crippen molar-refractivity contribution in [1.29, 1.82) is 0 Å². The number of thiazole rings is 1. The van der Waals surface area contributed by atoms with Crippen LogP contribution in [0.25, 0.3) is 0 Å². The highest BCUT2D eigenvalue weighted by molar-refractivity contribution is 7.11. The molecule has 17 heavy (non-hydrogen) atoms. The summed E-state index contributed by atoms with van der Waals surface area (Å²) in [5.74, 6) is 0. The molecule has 1 unspecified atom stereocenters. The van der Waals surface area contributed by atoms with Crippen molar-refractivity contribution in [3.05, 3.63) is 34.0 Å². The predicted molar refractivity (Wildman–Crippen MR) is 72.3 cm³/mol. The second-order valence-electron chi connectivity index (χ2n) is 4.01. The molecule has 0 aliphatic rings. The van der Waals surface area contributed by atoms with Gasteiger partial charge in [-0.05, 0) is 26.8 Å². The zero-order valence-electron chi connectivity index (χ0n) is 10.2. The molecule has 0 saturated carbocycles. The van der Waals surface area contributed by atoms with E-state index in [-0.39, 0.29) is 6.04 Å². The van der Waals surface area contributed by atoms with Crippen LogP contribution < -0.4 is 11.1 Å². The van der Waals surface area contributed by atoms with Gasteiger partial charge in [-0.3, -0.25) is 4.98 Å². The molecule has 1 atom stereocenters. The minimum absolute atomic E-state index is 0.200. The summed E-state index contributed by atoms with van der Waals surface area (Å²) in [6, 6.07) is 2.08. The van der Waals surface area contributed by atoms with Crippen molar-refractivity contribution in [2.75, 3.05) is 11.1 Å². The molecule has 0 aliphatic heterocycles. The first-order chi connectivity index (χ1) is 8.08. The van der Waals surface area contributed by atoms with Crippen molar-refractivity contribution < 1.29 is 0 Å². The first-order valence-corrected chi connectivity index (χ1v) is 6.29. The highest BCUT2D eigenvalue weighted by atomic mass is 32.1. The standard InChI is InChI=1S/C12H16N4S/c1-7-12(17-9(3)15-7)8(2)16-11-4-5-14-6-10(11)13/h4-6,8H,13H2,1-3H3,(H,14,16). The quantitative estimate of drug-likeness (QED) is 0.876. The van der Waals surface area contributed by atoms with Crippen LogP contribution in [0.4, 0.5) is 11.4 Å². The van der Waals surface area contributed by atoms with Gasteiger partial charge >= 0.3 is 0 Å². The molecule has 0 saturated heterocycles. The lowest BCUT2D eigenvalue weighted by atomic mass is 10.2. The molecule has 0 fully saturated rings. The SMILES string of the molecule is Cc1nc(C)c(C(C)Nc2ccncc2N)s1. The van der Waals surface area contributed by atoms with E-state index in [0.29, 0.717) is 5.69 Å². The van der Waals surface area contributed by atoms with Gasteiger partial charge in [0.1, 0.15) is 0 Å². The lowest BCUT2D eigenvalue weighted by Gasteiger charge is -2.15. The third kappa shape index (κ3) is 2.55. The molecule has 0 spiro atoms. The van der Waals surface area contributed by atoms with Crippen molar-refractivity contribution in [1.82, 2.24) is 9.97 Å². The first kappa shape index (κ1) is 11.9. The summed E-state index contributed by atoms with van der Waals surface area (Å²) in [7, 11) is 0. The van der Waals surface area contributed by atoms with E-state index in [1.807, 2.05) is 19.9 Å². The van der Waals surface area contributed by atoms with Gasteiger partial charge in [-0.1, -0.05) is 0 Å². The number of rotatable bonds is 3. The largest absolute Gasteiger partial charge is 0.396 e. The van der Waals surface area contributed by atoms with Gasteiger partial charge in [0.2, 0.25) is 0 Å². The molecule has 0 aromatic carbocycles. The zero-order chi connectivity index (χ0) is 12.4. The molecule has 2 heterocycles. The summed E-state index contributed by atoms with van der Waals surface area (Å²) in [6.45, 7) is 6.17. The fraction of sp³-hybridized carbons (Fsp3) is 0.333. The number of aromatic nitrogens is 2. The van der Waals surface area contributed by atoms with Gasteiger partial charge in [-0.2, -0.15) is 0 Å². The lowest BCUT2D eigenvalue weighted by Crippen LogP contribution is -2.08. The number of aryl methyl sites for hydroxylation is 2. The number of nitrogen functional groups attached to an aromatic ring is 1. The maximum atomic E-state index is 5.85. The van der Waals surface area contributed by atoms with Gasteiger partial charge in [0, 0.05) is 11.1 Å². The van der Waals surface area contributed by atoms with Gasteiger partial charge < -0.3 is 11.1 Å². The highest BCUT2D eigenvalue weighted by Crippen LogP contribution is 2.28. The molecule has 0 bridgehead atoms. The molecule has 3 N–H and O–H groups in total. The summed E-state index contributed by atoms with van der Waals surface area (Å²) >= 11 is 1.72. The second kappa shape index (κ2) is 4.71. The van der Waals surface area contributed by atoms with E-state index in [0.717, 1.165) is 16.4 Å². The Morgan fingerprint density at radius 3 is 2.76 bits per heavy atom. The first-order valence-electron chi connectivity index (χ1n) is 5.48. The fourth-order valence-electron chi connectivity index (χ4n) is 1.79. The summed E-state index contributed by atoms with van der Waals surface area (Å²) in [5.41, 5.74) is 8.52. The molecule has 2 aromatic heterocycles. The molecular weight excluding hydrogens is 232 g/mol. The van der Waals surface area contributed by atoms with Crippen molar-refractivity contribution in [3.8, 4) is 0 Å². The van der Waals surface area contributed by atoms with Gasteiger partial charge in [0.05, 0.1) is 34.3 Å². The van der Waals surface area contributed by atoms with E-state index in [1.165, 1.54) is 4.88 Å². The van der Waals surface area contributed by atoms with E-state index in [4.69, 9.17) is 5.73 Å². The normalized spacial score (nSPS) is 12.4. The topological polar surface area (TPSA) is 63.8 Å². The summed E-state index contributed by atoms with van der Waals surface area (Å²) in [4.78, 5) is 9.65. The van der Waals surface area contributed by atoms with Crippen LogP contribution >= 0.6 is 11.3 Å². The summed E-state index contributed by atoms with van der Waals surface area (Å²) < 4.78 is 0. The van der Waals surface area contributed by atoms with Crippen LogP contribution in [0, 0.1) is 13.8 Å². The third-order valence-corrected chi connectivity index (χ3v) is 3.81. The number of nitrogens with two attached hydrogens (primary N) is 1. The maximum Gasteiger partial charge on any atom is 0.0900 e. The Morgan fingerprint density at radius 2 is 2.18 bits per heavy atom. The molecule has 5 heteroatoms. The van der Waals surface area contributed by atoms with Crippen molar-refractivity contribution in [3.63, 3.8) is 0 Å². The van der Waals surface area contributed by atoms with Crippen molar-refractivity contribution in [2.24, 2.45) is 0 Å². The number of nitrogens with one attached hydrogen (secondary N) is 1. The van der Waals surface area contributed by atoms with Crippen LogP contribution in [0.1, 0.15) is 28.5 Å². The van der Waals surface area contributed by atoms with Gasteiger partial charge in [0.15, 0.2) is 0 Å². The maximum absolute atomic E-state index is 5.85. The summed E-state index contributed by atoms with van der Waals surface area (Å²) in [5, 5.41) is 4.48. The third-order valence-electron chi connectivity index (χ3n) is 2.56. The number of nitrogens with zero attached hydrogens (tertiary/aromatic N) is 2. The van der Waals surface area contributed by atoms with E-state index in [1.54, 1.807) is 23.7 Å². The van der Waals surface area contributed by atoms with Gasteiger partial charge in [0.25, 0.3) is 0 Å².